The second-order valence-corrected chi connectivity index (χ2v) is 8.09. The van der Waals surface area contributed by atoms with Gasteiger partial charge in [-0.3, -0.25) is 19.2 Å². The average Bonchev–Trinajstić information content (AvgIpc) is 2.92. The predicted molar refractivity (Wildman–Crippen MR) is 103 cm³/mol. The van der Waals surface area contributed by atoms with Gasteiger partial charge in [0.2, 0.25) is 10.0 Å². The van der Waals surface area contributed by atoms with Crippen LogP contribution < -0.4 is 9.46 Å². The van der Waals surface area contributed by atoms with E-state index in [9.17, 15) is 26.8 Å². The van der Waals surface area contributed by atoms with Crippen LogP contribution in [-0.4, -0.2) is 57.3 Å². The molecule has 1 aliphatic heterocycles. The molecule has 8 nitrogen and oxygen atoms in total. The Hall–Kier alpha value is -3.05. The lowest BCUT2D eigenvalue weighted by atomic mass is 10.1. The third-order valence-electron chi connectivity index (χ3n) is 4.17. The van der Waals surface area contributed by atoms with Crippen LogP contribution >= 0.6 is 0 Å². The maximum atomic E-state index is 12.2. The number of hydrogen-bond donors (Lipinski definition) is 1. The third kappa shape index (κ3) is 5.30. The molecular formula is C19H18F2N2O6S. The molecule has 160 valence electrons. The van der Waals surface area contributed by atoms with Crippen LogP contribution in [0.2, 0.25) is 0 Å². The minimum absolute atomic E-state index is 0.00711. The molecule has 0 aromatic heterocycles. The van der Waals surface area contributed by atoms with Crippen LogP contribution in [0.4, 0.5) is 14.5 Å². The van der Waals surface area contributed by atoms with Gasteiger partial charge >= 0.3 is 6.61 Å². The fraction of sp³-hybridized carbons (Fsp3) is 0.263. The van der Waals surface area contributed by atoms with Gasteiger partial charge in [-0.1, -0.05) is 18.2 Å². The molecule has 0 saturated heterocycles. The molecular weight excluding hydrogens is 422 g/mol. The van der Waals surface area contributed by atoms with Crippen molar-refractivity contribution < 1.29 is 36.3 Å². The maximum absolute atomic E-state index is 12.2. The summed E-state index contributed by atoms with van der Waals surface area (Å²) in [6.45, 7) is -3.25. The number of fused-ring (bicyclic) bond motifs is 1. The molecule has 0 radical (unpaired) electrons. The smallest absolute Gasteiger partial charge is 0.387 e. The summed E-state index contributed by atoms with van der Waals surface area (Å²) in [5.74, 6) is -1.42. The molecule has 0 spiro atoms. The first-order valence-electron chi connectivity index (χ1n) is 8.85. The minimum Gasteiger partial charge on any atom is -0.435 e. The van der Waals surface area contributed by atoms with E-state index in [4.69, 9.17) is 4.74 Å². The summed E-state index contributed by atoms with van der Waals surface area (Å²) in [6.07, 6.45) is 0. The number of nitrogens with one attached hydrogen (secondary N) is 1. The van der Waals surface area contributed by atoms with Crippen LogP contribution in [0.3, 0.4) is 0 Å². The van der Waals surface area contributed by atoms with Crippen molar-refractivity contribution in [2.75, 3.05) is 30.2 Å². The van der Waals surface area contributed by atoms with Crippen molar-refractivity contribution in [3.05, 3.63) is 59.7 Å². The highest BCUT2D eigenvalue weighted by atomic mass is 32.2. The van der Waals surface area contributed by atoms with Gasteiger partial charge < -0.3 is 9.47 Å². The van der Waals surface area contributed by atoms with Gasteiger partial charge in [0.1, 0.15) is 5.75 Å². The summed E-state index contributed by atoms with van der Waals surface area (Å²) >= 11 is 0. The van der Waals surface area contributed by atoms with Crippen LogP contribution in [0.25, 0.3) is 0 Å². The molecule has 0 bridgehead atoms. The van der Waals surface area contributed by atoms with Crippen molar-refractivity contribution in [3.8, 4) is 5.75 Å². The maximum Gasteiger partial charge on any atom is 0.387 e. The lowest BCUT2D eigenvalue weighted by Crippen LogP contribution is -2.33. The van der Waals surface area contributed by atoms with Crippen molar-refractivity contribution in [1.29, 1.82) is 0 Å². The first-order valence-corrected chi connectivity index (χ1v) is 10.5. The number of amides is 2. The number of halogens is 2. The number of ether oxygens (including phenoxy) is 2. The van der Waals surface area contributed by atoms with Gasteiger partial charge in [0.15, 0.2) is 0 Å². The molecule has 2 aromatic carbocycles. The highest BCUT2D eigenvalue weighted by Gasteiger charge is 2.34. The van der Waals surface area contributed by atoms with Gasteiger partial charge in [0, 0.05) is 6.07 Å². The Morgan fingerprint density at radius 1 is 0.967 bits per heavy atom. The second kappa shape index (κ2) is 9.18. The zero-order valence-electron chi connectivity index (χ0n) is 15.6. The average molecular weight is 440 g/mol. The Kier molecular flexibility index (Phi) is 6.63. The van der Waals surface area contributed by atoms with Crippen LogP contribution in [-0.2, 0) is 14.8 Å². The van der Waals surface area contributed by atoms with Gasteiger partial charge in [0.25, 0.3) is 11.8 Å². The number of carbonyl (C=O) groups excluding carboxylic acids is 2. The van der Waals surface area contributed by atoms with E-state index in [-0.39, 0.29) is 31.2 Å². The summed E-state index contributed by atoms with van der Waals surface area (Å²) in [6, 6.07) is 11.6. The summed E-state index contributed by atoms with van der Waals surface area (Å²) in [5.41, 5.74) is 0.721. The molecule has 2 aromatic rings. The fourth-order valence-electron chi connectivity index (χ4n) is 2.84. The highest BCUT2D eigenvalue weighted by molar-refractivity contribution is 7.92. The van der Waals surface area contributed by atoms with Crippen LogP contribution in [0, 0.1) is 0 Å². The minimum atomic E-state index is -3.81. The topological polar surface area (TPSA) is 102 Å². The Morgan fingerprint density at radius 2 is 1.63 bits per heavy atom. The van der Waals surface area contributed by atoms with E-state index in [1.165, 1.54) is 18.2 Å². The Balaban J connectivity index is 1.44. The fourth-order valence-corrected chi connectivity index (χ4v) is 3.76. The monoisotopic (exact) mass is 440 g/mol. The SMILES string of the molecule is O=C1c2ccccc2C(=O)N1CCOCCS(=O)(=O)Nc1cccc(OC(F)F)c1. The number of sulfonamides is 1. The molecule has 0 fully saturated rings. The summed E-state index contributed by atoms with van der Waals surface area (Å²) in [4.78, 5) is 25.5. The standard InChI is InChI=1S/C19H18F2N2O6S/c20-19(21)29-14-5-3-4-13(12-14)22-30(26,27)11-10-28-9-8-23-17(24)15-6-1-2-7-16(15)18(23)25/h1-7,12,19,22H,8-11H2. The highest BCUT2D eigenvalue weighted by Crippen LogP contribution is 2.22. The van der Waals surface area contributed by atoms with Crippen molar-refractivity contribution in [2.24, 2.45) is 0 Å². The van der Waals surface area contributed by atoms with Crippen molar-refractivity contribution in [3.63, 3.8) is 0 Å². The molecule has 1 N–H and O–H groups in total. The first-order chi connectivity index (χ1) is 14.3. The van der Waals surface area contributed by atoms with Crippen molar-refractivity contribution >= 4 is 27.5 Å². The van der Waals surface area contributed by atoms with Crippen molar-refractivity contribution in [1.82, 2.24) is 4.90 Å². The number of nitrogens with zero attached hydrogens (tertiary/aromatic N) is 1. The van der Waals surface area contributed by atoms with E-state index in [0.717, 1.165) is 11.0 Å². The molecule has 11 heteroatoms. The van der Waals surface area contributed by atoms with E-state index in [0.29, 0.717) is 11.1 Å². The lowest BCUT2D eigenvalue weighted by molar-refractivity contribution is -0.0498. The molecule has 0 aliphatic carbocycles. The van der Waals surface area contributed by atoms with Gasteiger partial charge in [-0.05, 0) is 24.3 Å². The largest absolute Gasteiger partial charge is 0.435 e. The Bertz CT molecular complexity index is 1010. The zero-order valence-corrected chi connectivity index (χ0v) is 16.4. The zero-order chi connectivity index (χ0) is 21.7. The Labute approximate surface area is 171 Å². The predicted octanol–water partition coefficient (Wildman–Crippen LogP) is 2.34. The number of rotatable bonds is 10. The van der Waals surface area contributed by atoms with Crippen molar-refractivity contribution in [2.45, 2.75) is 6.61 Å². The van der Waals surface area contributed by atoms with Crippen LogP contribution in [0.1, 0.15) is 20.7 Å². The molecule has 0 saturated carbocycles. The third-order valence-corrected chi connectivity index (χ3v) is 5.42. The molecule has 1 heterocycles. The molecule has 0 unspecified atom stereocenters. The molecule has 3 rings (SSSR count). The normalized spacial score (nSPS) is 13.6. The molecule has 2 amide bonds. The Morgan fingerprint density at radius 3 is 2.27 bits per heavy atom. The van der Waals surface area contributed by atoms with E-state index in [1.54, 1.807) is 24.3 Å². The van der Waals surface area contributed by atoms with E-state index >= 15 is 0 Å². The molecule has 0 atom stereocenters. The number of benzene rings is 2. The quantitative estimate of drug-likeness (QED) is 0.450. The molecule has 30 heavy (non-hydrogen) atoms. The van der Waals surface area contributed by atoms with Crippen LogP contribution in [0.5, 0.6) is 5.75 Å². The summed E-state index contributed by atoms with van der Waals surface area (Å²) < 4.78 is 60.4. The van der Waals surface area contributed by atoms with Gasteiger partial charge in [-0.2, -0.15) is 8.78 Å². The van der Waals surface area contributed by atoms with E-state index in [1.807, 2.05) is 0 Å². The van der Waals surface area contributed by atoms with E-state index in [2.05, 4.69) is 9.46 Å². The number of carbonyl (C=O) groups is 2. The number of anilines is 1. The van der Waals surface area contributed by atoms with Gasteiger partial charge in [-0.25, -0.2) is 8.42 Å². The van der Waals surface area contributed by atoms with E-state index < -0.39 is 34.2 Å². The second-order valence-electron chi connectivity index (χ2n) is 6.25. The number of alkyl halides is 2. The van der Waals surface area contributed by atoms with Gasteiger partial charge in [-0.15, -0.1) is 0 Å². The molecule has 1 aliphatic rings. The van der Waals surface area contributed by atoms with Crippen LogP contribution in [0.15, 0.2) is 48.5 Å². The van der Waals surface area contributed by atoms with Gasteiger partial charge in [0.05, 0.1) is 42.3 Å². The lowest BCUT2D eigenvalue weighted by Gasteiger charge is -2.14. The summed E-state index contributed by atoms with van der Waals surface area (Å²) in [7, 11) is -3.81. The number of imide groups is 1. The first kappa shape index (κ1) is 21.7. The summed E-state index contributed by atoms with van der Waals surface area (Å²) in [5, 5.41) is 0. The number of hydrogen-bond acceptors (Lipinski definition) is 6.